The molecule has 0 atom stereocenters. The molecule has 0 radical (unpaired) electrons. The van der Waals surface area contributed by atoms with Crippen LogP contribution in [0.1, 0.15) is 15.9 Å². The number of amides is 2. The number of imide groups is 1. The van der Waals surface area contributed by atoms with Crippen LogP contribution in [0, 0.1) is 20.2 Å². The number of non-ortho nitro benzene ring substituents is 1. The number of nitro groups is 2. The lowest BCUT2D eigenvalue weighted by Gasteiger charge is -2.11. The van der Waals surface area contributed by atoms with E-state index in [1.54, 1.807) is 6.07 Å². The largest absolute Gasteiger partial charge is 0.396 e. The van der Waals surface area contributed by atoms with Gasteiger partial charge in [-0.05, 0) is 41.6 Å². The van der Waals surface area contributed by atoms with Crippen molar-refractivity contribution in [3.8, 4) is 0 Å². The van der Waals surface area contributed by atoms with E-state index in [2.05, 4.69) is 0 Å². The maximum Gasteiger partial charge on any atom is 0.293 e. The van der Waals surface area contributed by atoms with Gasteiger partial charge in [0.25, 0.3) is 22.5 Å². The lowest BCUT2D eigenvalue weighted by atomic mass is 10.1. The first kappa shape index (κ1) is 24.1. The van der Waals surface area contributed by atoms with Crippen molar-refractivity contribution in [2.24, 2.45) is 0 Å². The van der Waals surface area contributed by atoms with E-state index >= 15 is 0 Å². The molecule has 0 spiro atoms. The van der Waals surface area contributed by atoms with Crippen LogP contribution in [0.5, 0.6) is 0 Å². The molecular weight excluding hydrogens is 474 g/mol. The second-order valence-corrected chi connectivity index (χ2v) is 8.68. The normalized spacial score (nSPS) is 14.7. The zero-order valence-corrected chi connectivity index (χ0v) is 18.3. The van der Waals surface area contributed by atoms with Gasteiger partial charge in [0, 0.05) is 29.5 Å². The molecule has 2 aromatic rings. The molecule has 170 valence electrons. The molecule has 2 amide bonds. The van der Waals surface area contributed by atoms with Crippen LogP contribution < -0.4 is 0 Å². The number of aliphatic hydroxyl groups excluding tert-OH is 1. The van der Waals surface area contributed by atoms with Gasteiger partial charge in [0.1, 0.15) is 0 Å². The number of carbonyl (C=O) groups excluding carboxylic acids is 3. The third-order valence-corrected chi connectivity index (χ3v) is 6.35. The lowest BCUT2D eigenvalue weighted by molar-refractivity contribution is -0.387. The number of hydrogen-bond acceptors (Lipinski definition) is 10. The highest BCUT2D eigenvalue weighted by atomic mass is 32.2. The Bertz CT molecular complexity index is 1180. The zero-order valence-electron chi connectivity index (χ0n) is 16.7. The van der Waals surface area contributed by atoms with Crippen LogP contribution in [0.4, 0.5) is 16.2 Å². The number of Topliss-reactive ketones (excluding diaryl/α,β-unsaturated/α-hetero) is 1. The summed E-state index contributed by atoms with van der Waals surface area (Å²) in [5.41, 5.74) is 0.0303. The molecule has 1 aliphatic heterocycles. The van der Waals surface area contributed by atoms with Crippen molar-refractivity contribution < 1.29 is 29.3 Å². The quantitative estimate of drug-likeness (QED) is 0.181. The Balaban J connectivity index is 1.78. The Labute approximate surface area is 194 Å². The number of nitro benzene ring substituents is 2. The van der Waals surface area contributed by atoms with E-state index in [0.717, 1.165) is 28.8 Å². The average Bonchev–Trinajstić information content (AvgIpc) is 3.05. The van der Waals surface area contributed by atoms with Gasteiger partial charge in [-0.1, -0.05) is 6.07 Å². The molecule has 1 N–H and O–H groups in total. The Kier molecular flexibility index (Phi) is 7.58. The van der Waals surface area contributed by atoms with Crippen molar-refractivity contribution >= 4 is 57.9 Å². The SMILES string of the molecule is O=C(CN1C(=O)S/C(=C\c2ccc(SCCO)c([N+](=O)[O-])c2)C1=O)c1ccc([N+](=O)[O-])cc1. The van der Waals surface area contributed by atoms with Crippen molar-refractivity contribution in [1.29, 1.82) is 0 Å². The molecule has 0 unspecified atom stereocenters. The molecule has 0 aliphatic carbocycles. The van der Waals surface area contributed by atoms with E-state index in [4.69, 9.17) is 5.11 Å². The smallest absolute Gasteiger partial charge is 0.293 e. The number of benzene rings is 2. The van der Waals surface area contributed by atoms with Gasteiger partial charge >= 0.3 is 0 Å². The van der Waals surface area contributed by atoms with Crippen LogP contribution in [0.2, 0.25) is 0 Å². The fourth-order valence-electron chi connectivity index (χ4n) is 2.84. The average molecular weight is 489 g/mol. The van der Waals surface area contributed by atoms with Crippen LogP contribution in [0.15, 0.2) is 52.3 Å². The van der Waals surface area contributed by atoms with E-state index in [-0.39, 0.29) is 34.2 Å². The first-order valence-corrected chi connectivity index (χ1v) is 11.1. The Morgan fingerprint density at radius 2 is 1.79 bits per heavy atom. The van der Waals surface area contributed by atoms with Gasteiger partial charge in [0.05, 0.1) is 32.8 Å². The lowest BCUT2D eigenvalue weighted by Crippen LogP contribution is -2.33. The molecule has 1 fully saturated rings. The molecule has 13 heteroatoms. The summed E-state index contributed by atoms with van der Waals surface area (Å²) < 4.78 is 0. The van der Waals surface area contributed by atoms with Crippen LogP contribution in [0.25, 0.3) is 6.08 Å². The minimum Gasteiger partial charge on any atom is -0.396 e. The third-order valence-electron chi connectivity index (χ3n) is 4.40. The second-order valence-electron chi connectivity index (χ2n) is 6.55. The molecule has 1 aliphatic rings. The van der Waals surface area contributed by atoms with E-state index in [0.29, 0.717) is 22.2 Å². The van der Waals surface area contributed by atoms with E-state index in [1.165, 1.54) is 30.3 Å². The number of nitrogens with zero attached hydrogens (tertiary/aromatic N) is 3. The first-order valence-electron chi connectivity index (χ1n) is 9.26. The van der Waals surface area contributed by atoms with Gasteiger partial charge in [0.15, 0.2) is 5.78 Å². The van der Waals surface area contributed by atoms with Crippen molar-refractivity contribution in [1.82, 2.24) is 4.90 Å². The van der Waals surface area contributed by atoms with Crippen molar-refractivity contribution in [2.45, 2.75) is 4.90 Å². The molecule has 33 heavy (non-hydrogen) atoms. The standard InChI is InChI=1S/C20H15N3O8S2/c24-7-8-32-17-6-1-12(9-15(17)23(30)31)10-18-19(26)21(20(27)33-18)11-16(25)13-2-4-14(5-3-13)22(28)29/h1-6,9-10,24H,7-8,11H2/b18-10-. The molecule has 11 nitrogen and oxygen atoms in total. The second kappa shape index (κ2) is 10.4. The summed E-state index contributed by atoms with van der Waals surface area (Å²) in [7, 11) is 0. The summed E-state index contributed by atoms with van der Waals surface area (Å²) in [5.74, 6) is -1.02. The first-order chi connectivity index (χ1) is 15.7. The van der Waals surface area contributed by atoms with Gasteiger partial charge in [-0.15, -0.1) is 11.8 Å². The number of hydrogen-bond donors (Lipinski definition) is 1. The summed E-state index contributed by atoms with van der Waals surface area (Å²) >= 11 is 1.71. The molecule has 3 rings (SSSR count). The highest BCUT2D eigenvalue weighted by Crippen LogP contribution is 2.35. The summed E-state index contributed by atoms with van der Waals surface area (Å²) in [4.78, 5) is 59.4. The predicted molar refractivity (Wildman–Crippen MR) is 121 cm³/mol. The van der Waals surface area contributed by atoms with Gasteiger partial charge < -0.3 is 5.11 Å². The topological polar surface area (TPSA) is 161 Å². The number of thioether (sulfide) groups is 2. The fraction of sp³-hybridized carbons (Fsp3) is 0.150. The van der Waals surface area contributed by atoms with Gasteiger partial charge in [-0.2, -0.15) is 0 Å². The summed E-state index contributed by atoms with van der Waals surface area (Å²) in [5, 5.41) is 30.3. The summed E-state index contributed by atoms with van der Waals surface area (Å²) in [6, 6.07) is 9.08. The number of rotatable bonds is 9. The van der Waals surface area contributed by atoms with E-state index in [9.17, 15) is 34.6 Å². The molecule has 0 aromatic heterocycles. The van der Waals surface area contributed by atoms with Crippen LogP contribution in [-0.2, 0) is 4.79 Å². The Hall–Kier alpha value is -3.55. The van der Waals surface area contributed by atoms with Crippen LogP contribution in [0.3, 0.4) is 0 Å². The molecule has 0 bridgehead atoms. The third kappa shape index (κ3) is 5.63. The highest BCUT2D eigenvalue weighted by molar-refractivity contribution is 8.18. The molecule has 0 saturated carbocycles. The maximum atomic E-state index is 12.7. The minimum atomic E-state index is -0.721. The van der Waals surface area contributed by atoms with Crippen molar-refractivity contribution in [3.05, 3.63) is 78.7 Å². The van der Waals surface area contributed by atoms with Crippen LogP contribution >= 0.6 is 23.5 Å². The highest BCUT2D eigenvalue weighted by Gasteiger charge is 2.36. The Morgan fingerprint density at radius 3 is 2.39 bits per heavy atom. The molecular formula is C20H15N3O8S2. The monoisotopic (exact) mass is 489 g/mol. The van der Waals surface area contributed by atoms with Crippen LogP contribution in [-0.4, -0.2) is 55.7 Å². The summed E-state index contributed by atoms with van der Waals surface area (Å²) in [6.07, 6.45) is 1.33. The summed E-state index contributed by atoms with van der Waals surface area (Å²) in [6.45, 7) is -0.688. The maximum absolute atomic E-state index is 12.7. The minimum absolute atomic E-state index is 0.00144. The molecule has 1 heterocycles. The molecule has 1 saturated heterocycles. The van der Waals surface area contributed by atoms with E-state index < -0.39 is 33.3 Å². The van der Waals surface area contributed by atoms with Crippen molar-refractivity contribution in [3.63, 3.8) is 0 Å². The fourth-order valence-corrected chi connectivity index (χ4v) is 4.43. The zero-order chi connectivity index (χ0) is 24.1. The van der Waals surface area contributed by atoms with E-state index in [1.807, 2.05) is 0 Å². The van der Waals surface area contributed by atoms with Gasteiger partial charge in [-0.25, -0.2) is 0 Å². The number of aliphatic hydroxyl groups is 1. The van der Waals surface area contributed by atoms with Crippen molar-refractivity contribution in [2.75, 3.05) is 18.9 Å². The number of ketones is 1. The number of carbonyl (C=O) groups is 3. The van der Waals surface area contributed by atoms with Gasteiger partial charge in [0.2, 0.25) is 0 Å². The Morgan fingerprint density at radius 1 is 1.09 bits per heavy atom. The van der Waals surface area contributed by atoms with Gasteiger partial charge in [-0.3, -0.25) is 39.5 Å². The molecule has 2 aromatic carbocycles. The predicted octanol–water partition coefficient (Wildman–Crippen LogP) is 3.51.